The fourth-order valence-electron chi connectivity index (χ4n) is 1.87. The predicted molar refractivity (Wildman–Crippen MR) is 65.7 cm³/mol. The molecular formula is C11H14INO. The van der Waals surface area contributed by atoms with Gasteiger partial charge in [-0.2, -0.15) is 0 Å². The van der Waals surface area contributed by atoms with Gasteiger partial charge in [0.15, 0.2) is 0 Å². The summed E-state index contributed by atoms with van der Waals surface area (Å²) in [5.74, 6) is 0.965. The first-order valence-electron chi connectivity index (χ1n) is 4.88. The van der Waals surface area contributed by atoms with Crippen molar-refractivity contribution in [1.29, 1.82) is 0 Å². The minimum Gasteiger partial charge on any atom is -0.496 e. The van der Waals surface area contributed by atoms with Crippen molar-refractivity contribution in [3.8, 4) is 5.75 Å². The zero-order chi connectivity index (χ0) is 9.97. The average molecular weight is 303 g/mol. The highest BCUT2D eigenvalue weighted by Crippen LogP contribution is 2.28. The molecular weight excluding hydrogens is 289 g/mol. The maximum absolute atomic E-state index is 5.23. The molecule has 2 nitrogen and oxygen atoms in total. The molecule has 0 saturated carbocycles. The van der Waals surface area contributed by atoms with E-state index in [9.17, 15) is 0 Å². The van der Waals surface area contributed by atoms with Gasteiger partial charge in [-0.25, -0.2) is 0 Å². The summed E-state index contributed by atoms with van der Waals surface area (Å²) in [7, 11) is 1.71. The van der Waals surface area contributed by atoms with Crippen LogP contribution < -0.4 is 10.1 Å². The Balaban J connectivity index is 2.23. The molecule has 0 radical (unpaired) electrons. The number of benzene rings is 1. The van der Waals surface area contributed by atoms with Gasteiger partial charge < -0.3 is 10.1 Å². The third-order valence-corrected chi connectivity index (χ3v) is 3.48. The first-order chi connectivity index (χ1) is 6.81. The number of methoxy groups -OCH3 is 1. The van der Waals surface area contributed by atoms with E-state index >= 15 is 0 Å². The molecule has 0 aliphatic carbocycles. The van der Waals surface area contributed by atoms with Crippen LogP contribution >= 0.6 is 22.6 Å². The summed E-state index contributed by atoms with van der Waals surface area (Å²) >= 11 is 2.32. The Morgan fingerprint density at radius 2 is 2.36 bits per heavy atom. The van der Waals surface area contributed by atoms with E-state index in [0.29, 0.717) is 6.04 Å². The third-order valence-electron chi connectivity index (χ3n) is 2.64. The lowest BCUT2D eigenvalue weighted by atomic mass is 10.1. The van der Waals surface area contributed by atoms with Crippen LogP contribution in [0.4, 0.5) is 0 Å². The smallest absolute Gasteiger partial charge is 0.132 e. The molecule has 0 unspecified atom stereocenters. The molecule has 1 aliphatic rings. The topological polar surface area (TPSA) is 21.3 Å². The highest BCUT2D eigenvalue weighted by atomic mass is 127. The summed E-state index contributed by atoms with van der Waals surface area (Å²) in [5, 5.41) is 3.49. The Labute approximate surface area is 98.2 Å². The normalized spacial score (nSPS) is 21.1. The van der Waals surface area contributed by atoms with E-state index in [1.54, 1.807) is 7.11 Å². The molecule has 1 fully saturated rings. The molecule has 1 aliphatic heterocycles. The van der Waals surface area contributed by atoms with Gasteiger partial charge >= 0.3 is 0 Å². The van der Waals surface area contributed by atoms with Crippen LogP contribution in [0.1, 0.15) is 24.4 Å². The molecule has 1 atom stereocenters. The number of ether oxygens (including phenoxy) is 1. The monoisotopic (exact) mass is 303 g/mol. The summed E-state index contributed by atoms with van der Waals surface area (Å²) in [6, 6.07) is 6.97. The summed E-state index contributed by atoms with van der Waals surface area (Å²) < 4.78 is 6.43. The van der Waals surface area contributed by atoms with Crippen molar-refractivity contribution in [1.82, 2.24) is 5.32 Å². The van der Waals surface area contributed by atoms with E-state index in [2.05, 4.69) is 46.1 Å². The summed E-state index contributed by atoms with van der Waals surface area (Å²) in [6.45, 7) is 1.15. The van der Waals surface area contributed by atoms with Gasteiger partial charge in [0.25, 0.3) is 0 Å². The molecule has 0 aromatic heterocycles. The molecule has 76 valence electrons. The highest BCUT2D eigenvalue weighted by Gasteiger charge is 2.16. The lowest BCUT2D eigenvalue weighted by Gasteiger charge is -2.12. The number of halogens is 1. The van der Waals surface area contributed by atoms with Crippen LogP contribution in [0.25, 0.3) is 0 Å². The van der Waals surface area contributed by atoms with Crippen LogP contribution in [0.2, 0.25) is 0 Å². The van der Waals surface area contributed by atoms with Gasteiger partial charge in [0.1, 0.15) is 5.75 Å². The quantitative estimate of drug-likeness (QED) is 0.848. The largest absolute Gasteiger partial charge is 0.496 e. The second kappa shape index (κ2) is 4.49. The molecule has 0 bridgehead atoms. The Kier molecular flexibility index (Phi) is 3.28. The lowest BCUT2D eigenvalue weighted by molar-refractivity contribution is 0.411. The van der Waals surface area contributed by atoms with E-state index in [0.717, 1.165) is 12.3 Å². The van der Waals surface area contributed by atoms with Crippen molar-refractivity contribution in [2.45, 2.75) is 18.9 Å². The summed E-state index contributed by atoms with van der Waals surface area (Å²) in [6.07, 6.45) is 2.54. The molecule has 1 aromatic rings. The first kappa shape index (κ1) is 10.2. The van der Waals surface area contributed by atoms with E-state index in [4.69, 9.17) is 4.74 Å². The summed E-state index contributed by atoms with van der Waals surface area (Å²) in [5.41, 5.74) is 1.38. The van der Waals surface area contributed by atoms with Crippen LogP contribution in [-0.2, 0) is 0 Å². The molecule has 3 heteroatoms. The van der Waals surface area contributed by atoms with Crippen LogP contribution in [0.5, 0.6) is 5.75 Å². The van der Waals surface area contributed by atoms with E-state index in [1.165, 1.54) is 22.0 Å². The van der Waals surface area contributed by atoms with Crippen LogP contribution in [0.15, 0.2) is 18.2 Å². The Morgan fingerprint density at radius 1 is 1.50 bits per heavy atom. The van der Waals surface area contributed by atoms with Crippen molar-refractivity contribution >= 4 is 22.6 Å². The molecule has 0 amide bonds. The third kappa shape index (κ3) is 2.03. The first-order valence-corrected chi connectivity index (χ1v) is 5.96. The molecule has 0 spiro atoms. The predicted octanol–water partition coefficient (Wildman–Crippen LogP) is 2.72. The number of nitrogens with one attached hydrogen (secondary N) is 1. The zero-order valence-corrected chi connectivity index (χ0v) is 10.4. The van der Waals surface area contributed by atoms with Crippen molar-refractivity contribution in [3.05, 3.63) is 27.3 Å². The van der Waals surface area contributed by atoms with Crippen molar-refractivity contribution < 1.29 is 4.74 Å². The zero-order valence-electron chi connectivity index (χ0n) is 8.22. The van der Waals surface area contributed by atoms with Crippen molar-refractivity contribution in [3.63, 3.8) is 0 Å². The molecule has 1 aromatic carbocycles. The number of hydrogen-bond acceptors (Lipinski definition) is 2. The van der Waals surface area contributed by atoms with Gasteiger partial charge in [-0.05, 0) is 59.7 Å². The van der Waals surface area contributed by atoms with Gasteiger partial charge in [-0.15, -0.1) is 0 Å². The average Bonchev–Trinajstić information content (AvgIpc) is 2.70. The van der Waals surface area contributed by atoms with Gasteiger partial charge in [-0.1, -0.05) is 6.07 Å². The molecule has 1 heterocycles. The molecule has 1 saturated heterocycles. The van der Waals surface area contributed by atoms with Gasteiger partial charge in [0, 0.05) is 6.04 Å². The number of rotatable bonds is 2. The second-order valence-corrected chi connectivity index (χ2v) is 4.71. The fourth-order valence-corrected chi connectivity index (χ4v) is 2.63. The highest BCUT2D eigenvalue weighted by molar-refractivity contribution is 14.1. The molecule has 2 rings (SSSR count). The van der Waals surface area contributed by atoms with Crippen LogP contribution in [0.3, 0.4) is 0 Å². The minimum absolute atomic E-state index is 0.550. The van der Waals surface area contributed by atoms with Crippen molar-refractivity contribution in [2.75, 3.05) is 13.7 Å². The van der Waals surface area contributed by atoms with Gasteiger partial charge in [-0.3, -0.25) is 0 Å². The Bertz CT molecular complexity index is 321. The SMILES string of the molecule is COc1ccc([C@H]2CCCN2)cc1I. The van der Waals surface area contributed by atoms with Crippen LogP contribution in [0, 0.1) is 3.57 Å². The van der Waals surface area contributed by atoms with Crippen molar-refractivity contribution in [2.24, 2.45) is 0 Å². The van der Waals surface area contributed by atoms with Gasteiger partial charge in [0.05, 0.1) is 10.7 Å². The van der Waals surface area contributed by atoms with E-state index in [-0.39, 0.29) is 0 Å². The molecule has 1 N–H and O–H groups in total. The fraction of sp³-hybridized carbons (Fsp3) is 0.455. The lowest BCUT2D eigenvalue weighted by Crippen LogP contribution is -2.12. The Morgan fingerprint density at radius 3 is 2.93 bits per heavy atom. The van der Waals surface area contributed by atoms with Crippen LogP contribution in [-0.4, -0.2) is 13.7 Å². The maximum atomic E-state index is 5.23. The molecule has 14 heavy (non-hydrogen) atoms. The standard InChI is InChI=1S/C11H14INO/c1-14-11-5-4-8(7-9(11)12)10-3-2-6-13-10/h4-5,7,10,13H,2-3,6H2,1H3/t10-/m1/s1. The minimum atomic E-state index is 0.550. The van der Waals surface area contributed by atoms with E-state index in [1.807, 2.05) is 0 Å². The second-order valence-electron chi connectivity index (χ2n) is 3.54. The Hall–Kier alpha value is -0.290. The van der Waals surface area contributed by atoms with Gasteiger partial charge in [0.2, 0.25) is 0 Å². The number of hydrogen-bond donors (Lipinski definition) is 1. The summed E-state index contributed by atoms with van der Waals surface area (Å²) in [4.78, 5) is 0. The van der Waals surface area contributed by atoms with E-state index < -0.39 is 0 Å². The maximum Gasteiger partial charge on any atom is 0.132 e.